The van der Waals surface area contributed by atoms with Crippen molar-refractivity contribution in [2.45, 2.75) is 12.8 Å². The van der Waals surface area contributed by atoms with Crippen LogP contribution in [0, 0.1) is 5.92 Å². The van der Waals surface area contributed by atoms with Gasteiger partial charge in [0.25, 0.3) is 0 Å². The van der Waals surface area contributed by atoms with Crippen LogP contribution >= 0.6 is 0 Å². The van der Waals surface area contributed by atoms with Gasteiger partial charge in [-0.15, -0.1) is 0 Å². The van der Waals surface area contributed by atoms with E-state index in [2.05, 4.69) is 10.6 Å². The number of rotatable bonds is 2. The van der Waals surface area contributed by atoms with Gasteiger partial charge in [0.1, 0.15) is 0 Å². The van der Waals surface area contributed by atoms with Crippen molar-refractivity contribution in [3.05, 3.63) is 36.0 Å². The summed E-state index contributed by atoms with van der Waals surface area (Å²) in [6, 6.07) is 7.99. The van der Waals surface area contributed by atoms with Crippen LogP contribution in [0.15, 0.2) is 30.5 Å². The lowest BCUT2D eigenvalue weighted by Gasteiger charge is -2.21. The SMILES string of the molecule is Cn1ccc2c(C(=O)C3CCOCC3)cccc21. The number of carbonyl (C=O) groups is 1. The monoisotopic (exact) mass is 243 g/mol. The molecule has 2 heterocycles. The van der Waals surface area contributed by atoms with E-state index < -0.39 is 0 Å². The third-order valence-electron chi connectivity index (χ3n) is 3.79. The highest BCUT2D eigenvalue weighted by molar-refractivity contribution is 6.08. The van der Waals surface area contributed by atoms with Gasteiger partial charge in [-0.25, -0.2) is 0 Å². The van der Waals surface area contributed by atoms with Crippen molar-refractivity contribution in [3.8, 4) is 0 Å². The van der Waals surface area contributed by atoms with Gasteiger partial charge in [0.15, 0.2) is 5.78 Å². The van der Waals surface area contributed by atoms with Gasteiger partial charge in [0.05, 0.1) is 0 Å². The molecule has 1 aromatic carbocycles. The molecule has 0 atom stereocenters. The Hall–Kier alpha value is -1.61. The molecule has 94 valence electrons. The molecule has 1 aromatic heterocycles. The highest BCUT2D eigenvalue weighted by Gasteiger charge is 2.24. The van der Waals surface area contributed by atoms with Gasteiger partial charge in [0.2, 0.25) is 0 Å². The van der Waals surface area contributed by atoms with Gasteiger partial charge in [-0.2, -0.15) is 0 Å². The summed E-state index contributed by atoms with van der Waals surface area (Å²) in [7, 11) is 2.00. The summed E-state index contributed by atoms with van der Waals surface area (Å²) in [5.41, 5.74) is 1.98. The third kappa shape index (κ3) is 1.85. The molecular weight excluding hydrogens is 226 g/mol. The zero-order valence-electron chi connectivity index (χ0n) is 10.6. The molecule has 18 heavy (non-hydrogen) atoms. The van der Waals surface area contributed by atoms with Crippen molar-refractivity contribution in [1.82, 2.24) is 4.57 Å². The largest absolute Gasteiger partial charge is 0.381 e. The molecule has 0 aliphatic carbocycles. The van der Waals surface area contributed by atoms with E-state index in [0.717, 1.165) is 29.3 Å². The Balaban J connectivity index is 2.00. The minimum Gasteiger partial charge on any atom is -0.381 e. The summed E-state index contributed by atoms with van der Waals surface area (Å²) in [5, 5.41) is 1.07. The number of ketones is 1. The molecule has 0 spiro atoms. The molecule has 2 aromatic rings. The molecule has 1 aliphatic heterocycles. The molecule has 0 saturated carbocycles. The fourth-order valence-electron chi connectivity index (χ4n) is 2.70. The Morgan fingerprint density at radius 2 is 2.06 bits per heavy atom. The summed E-state index contributed by atoms with van der Waals surface area (Å²) in [6.45, 7) is 1.42. The predicted octanol–water partition coefficient (Wildman–Crippen LogP) is 2.79. The molecule has 1 fully saturated rings. The number of nitrogens with zero attached hydrogens (tertiary/aromatic N) is 1. The summed E-state index contributed by atoms with van der Waals surface area (Å²) in [6.07, 6.45) is 3.70. The minimum absolute atomic E-state index is 0.129. The van der Waals surface area contributed by atoms with Crippen molar-refractivity contribution in [1.29, 1.82) is 0 Å². The normalized spacial score (nSPS) is 17.2. The maximum atomic E-state index is 12.6. The first-order valence-corrected chi connectivity index (χ1v) is 6.43. The molecule has 0 unspecified atom stereocenters. The Labute approximate surface area is 106 Å². The Morgan fingerprint density at radius 3 is 2.83 bits per heavy atom. The van der Waals surface area contributed by atoms with Crippen LogP contribution in [-0.4, -0.2) is 23.6 Å². The quantitative estimate of drug-likeness (QED) is 0.759. The first-order chi connectivity index (χ1) is 8.77. The number of carbonyl (C=O) groups excluding carboxylic acids is 1. The molecule has 3 nitrogen and oxygen atoms in total. The van der Waals surface area contributed by atoms with Crippen molar-refractivity contribution < 1.29 is 9.53 Å². The van der Waals surface area contributed by atoms with Crippen LogP contribution in [0.4, 0.5) is 0 Å². The lowest BCUT2D eigenvalue weighted by atomic mass is 9.89. The van der Waals surface area contributed by atoms with Crippen molar-refractivity contribution in [2.75, 3.05) is 13.2 Å². The van der Waals surface area contributed by atoms with Gasteiger partial charge in [-0.05, 0) is 25.0 Å². The second-order valence-electron chi connectivity index (χ2n) is 4.92. The lowest BCUT2D eigenvalue weighted by molar-refractivity contribution is 0.0546. The fraction of sp³-hybridized carbons (Fsp3) is 0.400. The van der Waals surface area contributed by atoms with Crippen LogP contribution in [0.5, 0.6) is 0 Å². The first kappa shape index (κ1) is 11.5. The van der Waals surface area contributed by atoms with E-state index in [-0.39, 0.29) is 11.7 Å². The fourth-order valence-corrected chi connectivity index (χ4v) is 2.70. The van der Waals surface area contributed by atoms with E-state index in [1.165, 1.54) is 0 Å². The van der Waals surface area contributed by atoms with Crippen molar-refractivity contribution >= 4 is 16.7 Å². The van der Waals surface area contributed by atoms with Crippen LogP contribution in [-0.2, 0) is 11.8 Å². The molecule has 0 radical (unpaired) electrons. The zero-order valence-corrected chi connectivity index (χ0v) is 10.6. The number of hydrogen-bond donors (Lipinski definition) is 0. The van der Waals surface area contributed by atoms with E-state index in [0.29, 0.717) is 13.2 Å². The molecule has 0 N–H and O–H groups in total. The highest BCUT2D eigenvalue weighted by atomic mass is 16.5. The molecule has 1 aliphatic rings. The average Bonchev–Trinajstić information content (AvgIpc) is 2.81. The zero-order chi connectivity index (χ0) is 12.5. The second kappa shape index (κ2) is 4.58. The van der Waals surface area contributed by atoms with Gasteiger partial charge in [-0.1, -0.05) is 12.1 Å². The van der Waals surface area contributed by atoms with Gasteiger partial charge in [-0.3, -0.25) is 4.79 Å². The van der Waals surface area contributed by atoms with Gasteiger partial charge >= 0.3 is 0 Å². The number of hydrogen-bond acceptors (Lipinski definition) is 2. The highest BCUT2D eigenvalue weighted by Crippen LogP contribution is 2.26. The number of ether oxygens (including phenoxy) is 1. The topological polar surface area (TPSA) is 31.2 Å². The lowest BCUT2D eigenvalue weighted by Crippen LogP contribution is -2.23. The van der Waals surface area contributed by atoms with E-state index in [4.69, 9.17) is 4.74 Å². The molecule has 3 heteroatoms. The number of aromatic nitrogens is 1. The molecular formula is C15H17NO2. The Kier molecular flexibility index (Phi) is 2.92. The van der Waals surface area contributed by atoms with Crippen LogP contribution in [0.1, 0.15) is 23.2 Å². The number of aryl methyl sites for hydroxylation is 1. The smallest absolute Gasteiger partial charge is 0.166 e. The summed E-state index contributed by atoms with van der Waals surface area (Å²) in [5.74, 6) is 0.402. The summed E-state index contributed by atoms with van der Waals surface area (Å²) < 4.78 is 7.37. The first-order valence-electron chi connectivity index (χ1n) is 6.43. The summed E-state index contributed by atoms with van der Waals surface area (Å²) >= 11 is 0. The van der Waals surface area contributed by atoms with E-state index in [1.807, 2.05) is 31.4 Å². The van der Waals surface area contributed by atoms with Crippen molar-refractivity contribution in [3.63, 3.8) is 0 Å². The number of fused-ring (bicyclic) bond motifs is 1. The minimum atomic E-state index is 0.129. The maximum absolute atomic E-state index is 12.6. The second-order valence-corrected chi connectivity index (χ2v) is 4.92. The molecule has 0 amide bonds. The predicted molar refractivity (Wildman–Crippen MR) is 70.8 cm³/mol. The van der Waals surface area contributed by atoms with Gasteiger partial charge in [0, 0.05) is 48.8 Å². The molecule has 1 saturated heterocycles. The average molecular weight is 243 g/mol. The standard InChI is InChI=1S/C15H17NO2/c1-16-8-5-12-13(3-2-4-14(12)16)15(17)11-6-9-18-10-7-11/h2-5,8,11H,6-7,9-10H2,1H3. The summed E-state index contributed by atoms with van der Waals surface area (Å²) in [4.78, 5) is 12.6. The van der Waals surface area contributed by atoms with Gasteiger partial charge < -0.3 is 9.30 Å². The number of benzene rings is 1. The van der Waals surface area contributed by atoms with Crippen LogP contribution < -0.4 is 0 Å². The van der Waals surface area contributed by atoms with Crippen molar-refractivity contribution in [2.24, 2.45) is 13.0 Å². The van der Waals surface area contributed by atoms with Crippen LogP contribution in [0.25, 0.3) is 10.9 Å². The molecule has 3 rings (SSSR count). The maximum Gasteiger partial charge on any atom is 0.166 e. The number of Topliss-reactive ketones (excluding diaryl/α,β-unsaturated/α-hetero) is 1. The third-order valence-corrected chi connectivity index (χ3v) is 3.79. The Bertz CT molecular complexity index is 579. The van der Waals surface area contributed by atoms with E-state index in [1.54, 1.807) is 0 Å². The van der Waals surface area contributed by atoms with E-state index in [9.17, 15) is 4.79 Å². The van der Waals surface area contributed by atoms with E-state index >= 15 is 0 Å². The molecule has 0 bridgehead atoms. The Morgan fingerprint density at radius 1 is 1.28 bits per heavy atom. The van der Waals surface area contributed by atoms with Crippen LogP contribution in [0.3, 0.4) is 0 Å². The van der Waals surface area contributed by atoms with Crippen LogP contribution in [0.2, 0.25) is 0 Å².